The molecule has 0 spiro atoms. The van der Waals surface area contributed by atoms with Gasteiger partial charge >= 0.3 is 0 Å². The lowest BCUT2D eigenvalue weighted by Crippen LogP contribution is -2.38. The Morgan fingerprint density at radius 3 is 2.33 bits per heavy atom. The highest BCUT2D eigenvalue weighted by atomic mass is 32.2. The van der Waals surface area contributed by atoms with Gasteiger partial charge in [-0.3, -0.25) is 9.10 Å². The number of nitrogens with one attached hydrogen (secondary N) is 1. The predicted molar refractivity (Wildman–Crippen MR) is 106 cm³/mol. The van der Waals surface area contributed by atoms with Crippen molar-refractivity contribution >= 4 is 27.3 Å². The monoisotopic (exact) mass is 392 g/mol. The molecule has 8 heteroatoms. The molecule has 2 aromatic carbocycles. The van der Waals surface area contributed by atoms with Crippen LogP contribution in [0.3, 0.4) is 0 Å². The van der Waals surface area contributed by atoms with Crippen LogP contribution in [-0.4, -0.2) is 41.3 Å². The fourth-order valence-electron chi connectivity index (χ4n) is 2.63. The van der Waals surface area contributed by atoms with Gasteiger partial charge in [0.15, 0.2) is 11.5 Å². The first kappa shape index (κ1) is 20.6. The summed E-state index contributed by atoms with van der Waals surface area (Å²) in [5.74, 6) is 0.530. The van der Waals surface area contributed by atoms with Crippen LogP contribution in [0.15, 0.2) is 36.4 Å². The second-order valence-electron chi connectivity index (χ2n) is 6.11. The molecular weight excluding hydrogens is 368 g/mol. The first-order valence-electron chi connectivity index (χ1n) is 8.23. The molecule has 27 heavy (non-hydrogen) atoms. The van der Waals surface area contributed by atoms with Crippen LogP contribution >= 0.6 is 0 Å². The van der Waals surface area contributed by atoms with Crippen LogP contribution < -0.4 is 19.1 Å². The van der Waals surface area contributed by atoms with E-state index >= 15 is 0 Å². The largest absolute Gasteiger partial charge is 0.493 e. The minimum Gasteiger partial charge on any atom is -0.493 e. The van der Waals surface area contributed by atoms with Gasteiger partial charge in [-0.2, -0.15) is 0 Å². The van der Waals surface area contributed by atoms with Gasteiger partial charge in [-0.1, -0.05) is 12.1 Å². The Kier molecular flexibility index (Phi) is 6.32. The highest BCUT2D eigenvalue weighted by molar-refractivity contribution is 7.92. The fraction of sp³-hybridized carbons (Fsp3) is 0.316. The van der Waals surface area contributed by atoms with E-state index in [1.165, 1.54) is 14.2 Å². The number of hydrogen-bond acceptors (Lipinski definition) is 5. The highest BCUT2D eigenvalue weighted by Gasteiger charge is 2.23. The first-order chi connectivity index (χ1) is 12.7. The van der Waals surface area contributed by atoms with E-state index in [1.54, 1.807) is 30.3 Å². The lowest BCUT2D eigenvalue weighted by atomic mass is 10.1. The number of nitrogens with zero attached hydrogens (tertiary/aromatic N) is 1. The average molecular weight is 392 g/mol. The number of anilines is 2. The van der Waals surface area contributed by atoms with E-state index in [0.717, 1.165) is 21.7 Å². The fourth-order valence-corrected chi connectivity index (χ4v) is 3.54. The molecule has 0 atom stereocenters. The Morgan fingerprint density at radius 2 is 1.74 bits per heavy atom. The Balaban J connectivity index is 2.26. The van der Waals surface area contributed by atoms with E-state index in [4.69, 9.17) is 9.47 Å². The highest BCUT2D eigenvalue weighted by Crippen LogP contribution is 2.30. The van der Waals surface area contributed by atoms with E-state index in [2.05, 4.69) is 5.32 Å². The molecule has 0 aromatic heterocycles. The maximum atomic E-state index is 12.5. The molecule has 0 aliphatic rings. The van der Waals surface area contributed by atoms with Crippen molar-refractivity contribution in [3.63, 3.8) is 0 Å². The van der Waals surface area contributed by atoms with Gasteiger partial charge in [0.2, 0.25) is 15.9 Å². The van der Waals surface area contributed by atoms with E-state index in [0.29, 0.717) is 22.9 Å². The average Bonchev–Trinajstić information content (AvgIpc) is 2.61. The van der Waals surface area contributed by atoms with Gasteiger partial charge in [0.25, 0.3) is 0 Å². The lowest BCUT2D eigenvalue weighted by molar-refractivity contribution is -0.114. The number of carbonyl (C=O) groups is 1. The Morgan fingerprint density at radius 1 is 1.07 bits per heavy atom. The molecule has 0 bridgehead atoms. The molecule has 0 saturated heterocycles. The summed E-state index contributed by atoms with van der Waals surface area (Å²) >= 11 is 0. The maximum absolute atomic E-state index is 12.5. The van der Waals surface area contributed by atoms with Crippen LogP contribution in [-0.2, 0) is 14.8 Å². The van der Waals surface area contributed by atoms with Gasteiger partial charge in [-0.05, 0) is 43.2 Å². The van der Waals surface area contributed by atoms with Crippen molar-refractivity contribution in [2.24, 2.45) is 0 Å². The third-order valence-corrected chi connectivity index (χ3v) is 5.33. The second kappa shape index (κ2) is 8.30. The van der Waals surface area contributed by atoms with Gasteiger partial charge in [-0.25, -0.2) is 8.42 Å². The minimum atomic E-state index is -3.64. The summed E-state index contributed by atoms with van der Waals surface area (Å²) in [6.45, 7) is 3.38. The van der Waals surface area contributed by atoms with Crippen LogP contribution in [0, 0.1) is 13.8 Å². The van der Waals surface area contributed by atoms with E-state index < -0.39 is 15.9 Å². The molecule has 1 amide bonds. The number of carbonyl (C=O) groups excluding carboxylic acids is 1. The molecule has 0 radical (unpaired) electrons. The number of ether oxygens (including phenoxy) is 2. The van der Waals surface area contributed by atoms with Crippen molar-refractivity contribution in [1.29, 1.82) is 0 Å². The van der Waals surface area contributed by atoms with Crippen molar-refractivity contribution in [1.82, 2.24) is 0 Å². The third-order valence-electron chi connectivity index (χ3n) is 4.20. The van der Waals surface area contributed by atoms with Crippen LogP contribution in [0.4, 0.5) is 11.4 Å². The predicted octanol–water partition coefficient (Wildman–Crippen LogP) is 2.73. The SMILES string of the molecule is COc1ccc(NC(=O)CN(c2cccc(C)c2C)S(C)(=O)=O)cc1OC. The van der Waals surface area contributed by atoms with Gasteiger partial charge in [-0.15, -0.1) is 0 Å². The molecule has 0 aliphatic carbocycles. The van der Waals surface area contributed by atoms with Crippen molar-refractivity contribution in [2.45, 2.75) is 13.8 Å². The molecule has 146 valence electrons. The van der Waals surface area contributed by atoms with E-state index in [1.807, 2.05) is 19.9 Å². The first-order valence-corrected chi connectivity index (χ1v) is 10.1. The van der Waals surface area contributed by atoms with Gasteiger partial charge in [0.1, 0.15) is 6.54 Å². The molecule has 7 nitrogen and oxygen atoms in total. The lowest BCUT2D eigenvalue weighted by Gasteiger charge is -2.24. The molecule has 0 heterocycles. The zero-order chi connectivity index (χ0) is 20.2. The molecule has 2 aromatic rings. The number of sulfonamides is 1. The molecular formula is C19H24N2O5S. The van der Waals surface area contributed by atoms with Crippen molar-refractivity contribution in [3.05, 3.63) is 47.5 Å². The maximum Gasteiger partial charge on any atom is 0.245 e. The molecule has 0 unspecified atom stereocenters. The second-order valence-corrected chi connectivity index (χ2v) is 8.01. The zero-order valence-corrected chi connectivity index (χ0v) is 16.9. The molecule has 0 fully saturated rings. The van der Waals surface area contributed by atoms with Gasteiger partial charge < -0.3 is 14.8 Å². The summed E-state index contributed by atoms with van der Waals surface area (Å²) in [7, 11) is -0.627. The van der Waals surface area contributed by atoms with Crippen LogP contribution in [0.25, 0.3) is 0 Å². The number of hydrogen-bond donors (Lipinski definition) is 1. The quantitative estimate of drug-likeness (QED) is 0.783. The van der Waals surface area contributed by atoms with Crippen LogP contribution in [0.1, 0.15) is 11.1 Å². The molecule has 0 aliphatic heterocycles. The molecule has 2 rings (SSSR count). The number of amides is 1. The Bertz CT molecular complexity index is 941. The van der Waals surface area contributed by atoms with E-state index in [9.17, 15) is 13.2 Å². The molecule has 0 saturated carbocycles. The van der Waals surface area contributed by atoms with Gasteiger partial charge in [0.05, 0.1) is 26.2 Å². The van der Waals surface area contributed by atoms with Crippen molar-refractivity contribution in [2.75, 3.05) is 36.6 Å². The normalized spacial score (nSPS) is 11.0. The van der Waals surface area contributed by atoms with E-state index in [-0.39, 0.29) is 6.54 Å². The summed E-state index contributed by atoms with van der Waals surface area (Å²) in [4.78, 5) is 12.5. The molecule has 1 N–H and O–H groups in total. The standard InChI is InChI=1S/C19H24N2O5S/c1-13-7-6-8-16(14(13)2)21(27(5,23)24)12-19(22)20-15-9-10-17(25-3)18(11-15)26-4/h6-11H,12H2,1-5H3,(H,20,22). The summed E-state index contributed by atoms with van der Waals surface area (Å²) in [6.07, 6.45) is 1.08. The number of methoxy groups -OCH3 is 2. The number of aryl methyl sites for hydroxylation is 1. The number of benzene rings is 2. The van der Waals surface area contributed by atoms with Crippen LogP contribution in [0.2, 0.25) is 0 Å². The minimum absolute atomic E-state index is 0.336. The topological polar surface area (TPSA) is 84.9 Å². The smallest absolute Gasteiger partial charge is 0.245 e. The number of rotatable bonds is 7. The van der Waals surface area contributed by atoms with Crippen molar-refractivity contribution < 1.29 is 22.7 Å². The van der Waals surface area contributed by atoms with Crippen molar-refractivity contribution in [3.8, 4) is 11.5 Å². The summed E-state index contributed by atoms with van der Waals surface area (Å²) in [5.41, 5.74) is 2.72. The van der Waals surface area contributed by atoms with Crippen LogP contribution in [0.5, 0.6) is 11.5 Å². The zero-order valence-electron chi connectivity index (χ0n) is 16.1. The third kappa shape index (κ3) is 4.91. The summed E-state index contributed by atoms with van der Waals surface area (Å²) in [5, 5.41) is 2.69. The Hall–Kier alpha value is -2.74. The summed E-state index contributed by atoms with van der Waals surface area (Å²) < 4.78 is 36.0. The Labute approximate surface area is 160 Å². The summed E-state index contributed by atoms with van der Waals surface area (Å²) in [6, 6.07) is 10.3. The van der Waals surface area contributed by atoms with Gasteiger partial charge in [0, 0.05) is 11.8 Å².